The third-order valence-corrected chi connectivity index (χ3v) is 4.46. The van der Waals surface area contributed by atoms with Crippen molar-refractivity contribution in [2.45, 2.75) is 6.92 Å². The average Bonchev–Trinajstić information content (AvgIpc) is 3.50. The van der Waals surface area contributed by atoms with E-state index in [0.717, 1.165) is 40.0 Å². The molecule has 0 saturated carbocycles. The Bertz CT molecular complexity index is 1120. The van der Waals surface area contributed by atoms with E-state index in [4.69, 9.17) is 9.97 Å². The molecule has 136 valence electrons. The van der Waals surface area contributed by atoms with E-state index in [2.05, 4.69) is 20.4 Å². The Labute approximate surface area is 160 Å². The van der Waals surface area contributed by atoms with Gasteiger partial charge in [-0.05, 0) is 43.3 Å². The van der Waals surface area contributed by atoms with Crippen LogP contribution in [0.4, 0.5) is 0 Å². The molecule has 5 aromatic rings. The van der Waals surface area contributed by atoms with Gasteiger partial charge in [-0.15, -0.1) is 0 Å². The first-order chi connectivity index (χ1) is 13.8. The normalized spacial score (nSPS) is 11.0. The Morgan fingerprint density at radius 3 is 1.96 bits per heavy atom. The van der Waals surface area contributed by atoms with Crippen LogP contribution < -0.4 is 0 Å². The number of aromatic nitrogens is 8. The van der Waals surface area contributed by atoms with Crippen LogP contribution in [0.3, 0.4) is 0 Å². The minimum atomic E-state index is 0.741. The summed E-state index contributed by atoms with van der Waals surface area (Å²) in [7, 11) is 0. The zero-order valence-corrected chi connectivity index (χ0v) is 15.1. The quantitative estimate of drug-likeness (QED) is 0.526. The van der Waals surface area contributed by atoms with Crippen molar-refractivity contribution in [3.05, 3.63) is 78.9 Å². The summed E-state index contributed by atoms with van der Waals surface area (Å²) in [5.41, 5.74) is 4.20. The first kappa shape index (κ1) is 16.1. The highest BCUT2D eigenvalue weighted by Crippen LogP contribution is 2.28. The van der Waals surface area contributed by atoms with Gasteiger partial charge in [0.1, 0.15) is 5.69 Å². The SMILES string of the molecule is Cc1c(-c2cccc(-n3cccn3)n2)n[nH]c1-c1cccc(-n2cccn2)n1. The van der Waals surface area contributed by atoms with Gasteiger partial charge in [-0.25, -0.2) is 19.3 Å². The van der Waals surface area contributed by atoms with Crippen molar-refractivity contribution in [3.63, 3.8) is 0 Å². The van der Waals surface area contributed by atoms with Crippen LogP contribution in [0.5, 0.6) is 0 Å². The van der Waals surface area contributed by atoms with E-state index in [9.17, 15) is 0 Å². The molecule has 0 aromatic carbocycles. The van der Waals surface area contributed by atoms with E-state index in [0.29, 0.717) is 0 Å². The minimum Gasteiger partial charge on any atom is -0.275 e. The number of rotatable bonds is 4. The standard InChI is InChI=1S/C20H16N8/c1-14-19(15-6-2-8-17(23-15)27-12-4-10-21-27)25-26-20(14)16-7-3-9-18(24-16)28-13-5-11-22-28/h2-13H,1H3,(H,25,26). The molecular formula is C20H16N8. The maximum Gasteiger partial charge on any atom is 0.154 e. The van der Waals surface area contributed by atoms with Crippen molar-refractivity contribution in [3.8, 4) is 34.4 Å². The van der Waals surface area contributed by atoms with Crippen molar-refractivity contribution in [1.82, 2.24) is 39.7 Å². The maximum atomic E-state index is 4.71. The second kappa shape index (κ2) is 6.58. The second-order valence-corrected chi connectivity index (χ2v) is 6.24. The molecular weight excluding hydrogens is 352 g/mol. The van der Waals surface area contributed by atoms with Crippen molar-refractivity contribution < 1.29 is 0 Å². The summed E-state index contributed by atoms with van der Waals surface area (Å²) in [5.74, 6) is 1.49. The molecule has 0 amide bonds. The molecule has 8 nitrogen and oxygen atoms in total. The number of aromatic amines is 1. The Hall–Kier alpha value is -4.07. The molecule has 0 aliphatic carbocycles. The van der Waals surface area contributed by atoms with Gasteiger partial charge in [-0.1, -0.05) is 12.1 Å². The highest BCUT2D eigenvalue weighted by molar-refractivity contribution is 5.70. The van der Waals surface area contributed by atoms with Crippen LogP contribution in [0.1, 0.15) is 5.56 Å². The number of hydrogen-bond donors (Lipinski definition) is 1. The maximum absolute atomic E-state index is 4.71. The highest BCUT2D eigenvalue weighted by atomic mass is 15.3. The van der Waals surface area contributed by atoms with E-state index in [1.807, 2.05) is 67.8 Å². The van der Waals surface area contributed by atoms with Crippen molar-refractivity contribution in [2.24, 2.45) is 0 Å². The van der Waals surface area contributed by atoms with Gasteiger partial charge in [0.05, 0.1) is 17.1 Å². The van der Waals surface area contributed by atoms with Gasteiger partial charge >= 0.3 is 0 Å². The van der Waals surface area contributed by atoms with Crippen LogP contribution in [0.2, 0.25) is 0 Å². The predicted molar refractivity (Wildman–Crippen MR) is 104 cm³/mol. The van der Waals surface area contributed by atoms with Crippen LogP contribution in [0.25, 0.3) is 34.4 Å². The summed E-state index contributed by atoms with van der Waals surface area (Å²) in [5, 5.41) is 16.1. The molecule has 0 unspecified atom stereocenters. The van der Waals surface area contributed by atoms with Gasteiger partial charge in [0, 0.05) is 30.4 Å². The van der Waals surface area contributed by atoms with Crippen molar-refractivity contribution in [1.29, 1.82) is 0 Å². The minimum absolute atomic E-state index is 0.741. The number of H-pyrrole nitrogens is 1. The highest BCUT2D eigenvalue weighted by Gasteiger charge is 2.15. The lowest BCUT2D eigenvalue weighted by atomic mass is 10.1. The molecule has 28 heavy (non-hydrogen) atoms. The lowest BCUT2D eigenvalue weighted by molar-refractivity contribution is 0.847. The molecule has 0 atom stereocenters. The molecule has 0 fully saturated rings. The lowest BCUT2D eigenvalue weighted by Gasteiger charge is -2.05. The molecule has 0 radical (unpaired) electrons. The monoisotopic (exact) mass is 368 g/mol. The van der Waals surface area contributed by atoms with Gasteiger partial charge in [0.2, 0.25) is 0 Å². The molecule has 0 saturated heterocycles. The first-order valence-electron chi connectivity index (χ1n) is 8.79. The summed E-state index contributed by atoms with van der Waals surface area (Å²) in [4.78, 5) is 9.40. The molecule has 0 bridgehead atoms. The summed E-state index contributed by atoms with van der Waals surface area (Å²) >= 11 is 0. The zero-order valence-electron chi connectivity index (χ0n) is 15.1. The summed E-state index contributed by atoms with van der Waals surface area (Å²) < 4.78 is 3.45. The van der Waals surface area contributed by atoms with Crippen molar-refractivity contribution >= 4 is 0 Å². The Morgan fingerprint density at radius 2 is 1.36 bits per heavy atom. The molecule has 5 heterocycles. The topological polar surface area (TPSA) is 90.1 Å². The van der Waals surface area contributed by atoms with Crippen LogP contribution >= 0.6 is 0 Å². The fraction of sp³-hybridized carbons (Fsp3) is 0.0500. The van der Waals surface area contributed by atoms with Crippen molar-refractivity contribution in [2.75, 3.05) is 0 Å². The zero-order chi connectivity index (χ0) is 18.9. The second-order valence-electron chi connectivity index (χ2n) is 6.24. The third-order valence-electron chi connectivity index (χ3n) is 4.46. The van der Waals surface area contributed by atoms with Gasteiger partial charge in [0.25, 0.3) is 0 Å². The Balaban J connectivity index is 1.54. The van der Waals surface area contributed by atoms with E-state index in [-0.39, 0.29) is 0 Å². The van der Waals surface area contributed by atoms with Crippen LogP contribution in [-0.2, 0) is 0 Å². The molecule has 0 spiro atoms. The Morgan fingerprint density at radius 1 is 0.750 bits per heavy atom. The van der Waals surface area contributed by atoms with Crippen LogP contribution in [0, 0.1) is 6.92 Å². The molecule has 5 aromatic heterocycles. The van der Waals surface area contributed by atoms with E-state index in [1.165, 1.54) is 0 Å². The molecule has 1 N–H and O–H groups in total. The van der Waals surface area contributed by atoms with E-state index >= 15 is 0 Å². The van der Waals surface area contributed by atoms with Crippen LogP contribution in [0.15, 0.2) is 73.3 Å². The van der Waals surface area contributed by atoms with Gasteiger partial charge < -0.3 is 0 Å². The lowest BCUT2D eigenvalue weighted by Crippen LogP contribution is -1.99. The third kappa shape index (κ3) is 2.77. The Kier molecular flexibility index (Phi) is 3.79. The number of pyridine rings is 2. The number of hydrogen-bond acceptors (Lipinski definition) is 5. The molecule has 8 heteroatoms. The van der Waals surface area contributed by atoms with E-state index < -0.39 is 0 Å². The molecule has 0 aliphatic heterocycles. The molecule has 0 aliphatic rings. The summed E-state index contributed by atoms with van der Waals surface area (Å²) in [6.45, 7) is 2.01. The first-order valence-corrected chi connectivity index (χ1v) is 8.79. The largest absolute Gasteiger partial charge is 0.275 e. The average molecular weight is 368 g/mol. The fourth-order valence-corrected chi connectivity index (χ4v) is 3.08. The van der Waals surface area contributed by atoms with Gasteiger partial charge in [-0.3, -0.25) is 5.10 Å². The van der Waals surface area contributed by atoms with E-state index in [1.54, 1.807) is 21.8 Å². The summed E-state index contributed by atoms with van der Waals surface area (Å²) in [6, 6.07) is 15.3. The molecule has 5 rings (SSSR count). The smallest absolute Gasteiger partial charge is 0.154 e. The number of nitrogens with one attached hydrogen (secondary N) is 1. The van der Waals surface area contributed by atoms with Gasteiger partial charge in [0.15, 0.2) is 11.6 Å². The predicted octanol–water partition coefficient (Wildman–Crippen LogP) is 3.21. The summed E-state index contributed by atoms with van der Waals surface area (Å²) in [6.07, 6.45) is 7.18. The van der Waals surface area contributed by atoms with Crippen LogP contribution in [-0.4, -0.2) is 39.7 Å². The van der Waals surface area contributed by atoms with Gasteiger partial charge in [-0.2, -0.15) is 15.3 Å². The fourth-order valence-electron chi connectivity index (χ4n) is 3.08. The number of nitrogens with zero attached hydrogens (tertiary/aromatic N) is 7.